The third-order valence-corrected chi connectivity index (χ3v) is 3.01. The Labute approximate surface area is 103 Å². The van der Waals surface area contributed by atoms with Crippen molar-refractivity contribution in [2.45, 2.75) is 33.5 Å². The molecule has 1 rings (SSSR count). The molecule has 0 aromatic heterocycles. The van der Waals surface area contributed by atoms with E-state index in [0.29, 0.717) is 16.9 Å². The van der Waals surface area contributed by atoms with Crippen LogP contribution in [-0.4, -0.2) is 19.9 Å². The van der Waals surface area contributed by atoms with Crippen LogP contribution in [0.15, 0.2) is 18.2 Å². The van der Waals surface area contributed by atoms with E-state index in [-0.39, 0.29) is 11.6 Å². The highest BCUT2D eigenvalue weighted by Gasteiger charge is 2.20. The maximum atomic E-state index is 11.6. The molecule has 0 N–H and O–H groups in total. The molecule has 0 radical (unpaired) electrons. The molecule has 0 fully saturated rings. The normalized spacial score (nSPS) is 11.1. The van der Waals surface area contributed by atoms with Gasteiger partial charge in [-0.15, -0.1) is 0 Å². The van der Waals surface area contributed by atoms with Gasteiger partial charge in [-0.2, -0.15) is 0 Å². The van der Waals surface area contributed by atoms with Crippen LogP contribution in [0, 0.1) is 0 Å². The molecule has 0 spiro atoms. The number of rotatable bonds is 4. The lowest BCUT2D eigenvalue weighted by Crippen LogP contribution is -2.30. The van der Waals surface area contributed by atoms with Gasteiger partial charge in [0.2, 0.25) is 8.32 Å². The van der Waals surface area contributed by atoms with Gasteiger partial charge in [0.1, 0.15) is 5.75 Å². The minimum atomic E-state index is -1.76. The summed E-state index contributed by atoms with van der Waals surface area (Å²) in [5.74, 6) is 0.454. The molecule has 0 amide bonds. The minimum absolute atomic E-state index is 0.0490. The second-order valence-corrected chi connectivity index (χ2v) is 9.47. The molecule has 0 unspecified atom stereocenters. The van der Waals surface area contributed by atoms with Gasteiger partial charge in [-0.1, -0.05) is 0 Å². The van der Waals surface area contributed by atoms with E-state index in [4.69, 9.17) is 4.43 Å². The van der Waals surface area contributed by atoms with Crippen LogP contribution in [0.1, 0.15) is 34.6 Å². The van der Waals surface area contributed by atoms with Crippen LogP contribution in [0.2, 0.25) is 19.6 Å². The van der Waals surface area contributed by atoms with Gasteiger partial charge in [0.15, 0.2) is 11.6 Å². The molecule has 17 heavy (non-hydrogen) atoms. The SMILES string of the molecule is CC(=O)c1ccc(O[Si](C)(C)C)c(C(C)=O)c1. The van der Waals surface area contributed by atoms with E-state index in [9.17, 15) is 9.59 Å². The van der Waals surface area contributed by atoms with Gasteiger partial charge in [-0.25, -0.2) is 0 Å². The molecule has 0 aliphatic carbocycles. The predicted molar refractivity (Wildman–Crippen MR) is 70.4 cm³/mol. The van der Waals surface area contributed by atoms with Gasteiger partial charge >= 0.3 is 0 Å². The van der Waals surface area contributed by atoms with Crippen molar-refractivity contribution in [3.8, 4) is 5.75 Å². The monoisotopic (exact) mass is 250 g/mol. The number of hydrogen-bond donors (Lipinski definition) is 0. The molecule has 0 aliphatic rings. The first-order valence-electron chi connectivity index (χ1n) is 5.55. The maximum absolute atomic E-state index is 11.6. The number of carbonyl (C=O) groups is 2. The zero-order valence-corrected chi connectivity index (χ0v) is 12.0. The van der Waals surface area contributed by atoms with E-state index >= 15 is 0 Å². The zero-order chi connectivity index (χ0) is 13.2. The fourth-order valence-electron chi connectivity index (χ4n) is 1.44. The average molecular weight is 250 g/mol. The Morgan fingerprint density at radius 2 is 1.65 bits per heavy atom. The Balaban J connectivity index is 3.23. The highest BCUT2D eigenvalue weighted by Crippen LogP contribution is 2.24. The molecule has 92 valence electrons. The van der Waals surface area contributed by atoms with Gasteiger partial charge in [-0.05, 0) is 51.7 Å². The quantitative estimate of drug-likeness (QED) is 0.608. The lowest BCUT2D eigenvalue weighted by atomic mass is 10.0. The maximum Gasteiger partial charge on any atom is 0.242 e. The van der Waals surface area contributed by atoms with E-state index in [1.165, 1.54) is 13.8 Å². The van der Waals surface area contributed by atoms with Crippen molar-refractivity contribution < 1.29 is 14.0 Å². The topological polar surface area (TPSA) is 43.4 Å². The number of hydrogen-bond acceptors (Lipinski definition) is 3. The summed E-state index contributed by atoms with van der Waals surface area (Å²) < 4.78 is 5.84. The van der Waals surface area contributed by atoms with E-state index in [1.807, 2.05) is 0 Å². The van der Waals surface area contributed by atoms with Crippen LogP contribution < -0.4 is 4.43 Å². The molecule has 1 aromatic carbocycles. The van der Waals surface area contributed by atoms with Crippen LogP contribution in [0.25, 0.3) is 0 Å². The first-order chi connectivity index (χ1) is 7.70. The second kappa shape index (κ2) is 4.83. The molecule has 0 aliphatic heterocycles. The Bertz CT molecular complexity index is 458. The van der Waals surface area contributed by atoms with E-state index < -0.39 is 8.32 Å². The van der Waals surface area contributed by atoms with Crippen molar-refractivity contribution in [3.63, 3.8) is 0 Å². The van der Waals surface area contributed by atoms with Gasteiger partial charge in [0, 0.05) is 5.56 Å². The summed E-state index contributed by atoms with van der Waals surface area (Å²) in [4.78, 5) is 22.8. The summed E-state index contributed by atoms with van der Waals surface area (Å²) in [6, 6.07) is 5.02. The summed E-state index contributed by atoms with van der Waals surface area (Å²) in [6.07, 6.45) is 0. The highest BCUT2D eigenvalue weighted by atomic mass is 28.4. The largest absolute Gasteiger partial charge is 0.544 e. The Morgan fingerprint density at radius 3 is 2.06 bits per heavy atom. The fraction of sp³-hybridized carbons (Fsp3) is 0.385. The number of carbonyl (C=O) groups excluding carboxylic acids is 2. The van der Waals surface area contributed by atoms with Gasteiger partial charge in [0.05, 0.1) is 5.56 Å². The standard InChI is InChI=1S/C13H18O3Si/c1-9(14)11-6-7-13(16-17(3,4)5)12(8-11)10(2)15/h6-8H,1-5H3. The third kappa shape index (κ3) is 3.82. The molecule has 0 atom stereocenters. The first kappa shape index (κ1) is 13.6. The van der Waals surface area contributed by atoms with E-state index in [1.54, 1.807) is 18.2 Å². The van der Waals surface area contributed by atoms with Crippen LogP contribution in [0.5, 0.6) is 5.75 Å². The Morgan fingerprint density at radius 1 is 1.06 bits per heavy atom. The Kier molecular flexibility index (Phi) is 3.88. The van der Waals surface area contributed by atoms with Crippen molar-refractivity contribution in [3.05, 3.63) is 29.3 Å². The predicted octanol–water partition coefficient (Wildman–Crippen LogP) is 3.31. The summed E-state index contributed by atoms with van der Waals surface area (Å²) in [7, 11) is -1.76. The number of benzene rings is 1. The zero-order valence-electron chi connectivity index (χ0n) is 11.0. The molecule has 3 nitrogen and oxygen atoms in total. The molecule has 0 saturated carbocycles. The average Bonchev–Trinajstić information content (AvgIpc) is 2.14. The van der Waals surface area contributed by atoms with Crippen LogP contribution in [0.3, 0.4) is 0 Å². The van der Waals surface area contributed by atoms with Gasteiger partial charge in [0.25, 0.3) is 0 Å². The smallest absolute Gasteiger partial charge is 0.242 e. The summed E-state index contributed by atoms with van der Waals surface area (Å²) in [5.41, 5.74) is 1.03. The van der Waals surface area contributed by atoms with Crippen molar-refractivity contribution >= 4 is 19.9 Å². The van der Waals surface area contributed by atoms with Crippen molar-refractivity contribution in [2.75, 3.05) is 0 Å². The lowest BCUT2D eigenvalue weighted by Gasteiger charge is -2.21. The number of Topliss-reactive ketones (excluding diaryl/α,β-unsaturated/α-hetero) is 2. The molecular weight excluding hydrogens is 232 g/mol. The molecule has 4 heteroatoms. The van der Waals surface area contributed by atoms with Crippen LogP contribution in [0.4, 0.5) is 0 Å². The van der Waals surface area contributed by atoms with Crippen molar-refractivity contribution in [2.24, 2.45) is 0 Å². The number of ketones is 2. The Hall–Kier alpha value is -1.42. The molecule has 0 bridgehead atoms. The molecular formula is C13H18O3Si. The molecule has 1 aromatic rings. The van der Waals surface area contributed by atoms with E-state index in [0.717, 1.165) is 0 Å². The molecule has 0 saturated heterocycles. The van der Waals surface area contributed by atoms with Gasteiger partial charge in [-0.3, -0.25) is 9.59 Å². The molecule has 0 heterocycles. The van der Waals surface area contributed by atoms with E-state index in [2.05, 4.69) is 19.6 Å². The van der Waals surface area contributed by atoms with Crippen LogP contribution >= 0.6 is 0 Å². The summed E-state index contributed by atoms with van der Waals surface area (Å²) in [5, 5.41) is 0. The minimum Gasteiger partial charge on any atom is -0.544 e. The van der Waals surface area contributed by atoms with Crippen molar-refractivity contribution in [1.82, 2.24) is 0 Å². The summed E-state index contributed by atoms with van der Waals surface area (Å²) >= 11 is 0. The van der Waals surface area contributed by atoms with Crippen molar-refractivity contribution in [1.29, 1.82) is 0 Å². The lowest BCUT2D eigenvalue weighted by molar-refractivity contribution is 0.101. The van der Waals surface area contributed by atoms with Gasteiger partial charge < -0.3 is 4.43 Å². The fourth-order valence-corrected chi connectivity index (χ4v) is 2.28. The highest BCUT2D eigenvalue weighted by molar-refractivity contribution is 6.70. The summed E-state index contributed by atoms with van der Waals surface area (Å²) in [6.45, 7) is 9.12. The third-order valence-electron chi connectivity index (χ3n) is 2.18. The second-order valence-electron chi connectivity index (χ2n) is 5.04. The first-order valence-corrected chi connectivity index (χ1v) is 8.96. The van der Waals surface area contributed by atoms with Crippen LogP contribution in [-0.2, 0) is 0 Å².